The quantitative estimate of drug-likeness (QED) is 0.697. The minimum absolute atomic E-state index is 0.134. The predicted octanol–water partition coefficient (Wildman–Crippen LogP) is 3.19. The first-order chi connectivity index (χ1) is 11.5. The molecule has 1 rings (SSSR count). The summed E-state index contributed by atoms with van der Waals surface area (Å²) in [6.07, 6.45) is 1.54. The van der Waals surface area contributed by atoms with Crippen molar-refractivity contribution in [1.29, 1.82) is 0 Å². The molecule has 1 N–H and O–H groups in total. The maximum atomic E-state index is 12.6. The highest BCUT2D eigenvalue weighted by Gasteiger charge is 2.31. The third-order valence-corrected chi connectivity index (χ3v) is 5.98. The number of anilines is 1. The molecule has 5 nitrogen and oxygen atoms in total. The van der Waals surface area contributed by atoms with Gasteiger partial charge >= 0.3 is 0 Å². The van der Waals surface area contributed by atoms with E-state index in [9.17, 15) is 13.2 Å². The van der Waals surface area contributed by atoms with E-state index in [-0.39, 0.29) is 10.7 Å². The molecule has 0 spiro atoms. The van der Waals surface area contributed by atoms with Crippen molar-refractivity contribution in [1.82, 2.24) is 5.32 Å². The first-order valence-electron chi connectivity index (χ1n) is 8.43. The predicted molar refractivity (Wildman–Crippen MR) is 108 cm³/mol. The molecule has 7 heteroatoms. The molecule has 0 unspecified atom stereocenters. The van der Waals surface area contributed by atoms with Crippen molar-refractivity contribution in [2.75, 3.05) is 22.9 Å². The minimum Gasteiger partial charge on any atom is -0.353 e. The van der Waals surface area contributed by atoms with Crippen LogP contribution in [-0.2, 0) is 14.8 Å². The number of benzene rings is 1. The van der Waals surface area contributed by atoms with Crippen LogP contribution in [-0.4, -0.2) is 43.7 Å². The van der Waals surface area contributed by atoms with Gasteiger partial charge in [-0.3, -0.25) is 9.10 Å². The van der Waals surface area contributed by atoms with E-state index >= 15 is 0 Å². The zero-order valence-corrected chi connectivity index (χ0v) is 17.6. The minimum atomic E-state index is -3.58. The number of hydrogen-bond acceptors (Lipinski definition) is 4. The summed E-state index contributed by atoms with van der Waals surface area (Å²) in [7, 11) is -3.58. The van der Waals surface area contributed by atoms with Gasteiger partial charge in [0.15, 0.2) is 0 Å². The smallest absolute Gasteiger partial charge is 0.243 e. The number of hydrogen-bond donors (Lipinski definition) is 1. The van der Waals surface area contributed by atoms with Crippen LogP contribution in [0.2, 0.25) is 0 Å². The zero-order chi connectivity index (χ0) is 19.3. The molecular weight excluding hydrogens is 356 g/mol. The highest BCUT2D eigenvalue weighted by atomic mass is 32.2. The lowest BCUT2D eigenvalue weighted by atomic mass is 10.1. The molecule has 0 heterocycles. The van der Waals surface area contributed by atoms with Gasteiger partial charge in [0.25, 0.3) is 0 Å². The van der Waals surface area contributed by atoms with Crippen LogP contribution < -0.4 is 9.62 Å². The standard InChI is InChI=1S/C18H30N2O3S2/c1-7-16(17(21)19-11-12-24-18(3,4)5)20(25(6,22)23)15-10-8-9-14(2)13-15/h8-10,13,16H,7,11-12H2,1-6H3,(H,19,21)/t16-/m0/s1. The van der Waals surface area contributed by atoms with E-state index in [1.165, 1.54) is 4.31 Å². The van der Waals surface area contributed by atoms with E-state index < -0.39 is 16.1 Å². The largest absolute Gasteiger partial charge is 0.353 e. The second-order valence-electron chi connectivity index (χ2n) is 7.07. The molecule has 1 aromatic rings. The van der Waals surface area contributed by atoms with E-state index in [2.05, 4.69) is 26.1 Å². The molecule has 0 aliphatic carbocycles. The maximum absolute atomic E-state index is 12.6. The van der Waals surface area contributed by atoms with Crippen LogP contribution in [0.1, 0.15) is 39.7 Å². The fraction of sp³-hybridized carbons (Fsp3) is 0.611. The Morgan fingerprint density at radius 3 is 2.44 bits per heavy atom. The summed E-state index contributed by atoms with van der Waals surface area (Å²) < 4.78 is 26.1. The Bertz CT molecular complexity index is 682. The normalized spacial score (nSPS) is 13.4. The number of nitrogens with one attached hydrogen (secondary N) is 1. The molecule has 25 heavy (non-hydrogen) atoms. The first kappa shape index (κ1) is 21.8. The summed E-state index contributed by atoms with van der Waals surface area (Å²) in [5.41, 5.74) is 1.47. The van der Waals surface area contributed by atoms with Gasteiger partial charge in [0.2, 0.25) is 15.9 Å². The van der Waals surface area contributed by atoms with Gasteiger partial charge in [-0.2, -0.15) is 11.8 Å². The van der Waals surface area contributed by atoms with Gasteiger partial charge in [-0.05, 0) is 31.0 Å². The summed E-state index contributed by atoms with van der Waals surface area (Å²) >= 11 is 1.76. The monoisotopic (exact) mass is 386 g/mol. The lowest BCUT2D eigenvalue weighted by Gasteiger charge is -2.30. The topological polar surface area (TPSA) is 66.5 Å². The van der Waals surface area contributed by atoms with Crippen molar-refractivity contribution >= 4 is 33.4 Å². The Balaban J connectivity index is 2.93. The number of carbonyl (C=O) groups is 1. The maximum Gasteiger partial charge on any atom is 0.243 e. The molecule has 0 bridgehead atoms. The van der Waals surface area contributed by atoms with Gasteiger partial charge in [-0.25, -0.2) is 8.42 Å². The number of thioether (sulfide) groups is 1. The van der Waals surface area contributed by atoms with Crippen molar-refractivity contribution in [3.63, 3.8) is 0 Å². The number of aryl methyl sites for hydroxylation is 1. The molecule has 0 aromatic heterocycles. The molecule has 1 aromatic carbocycles. The number of sulfonamides is 1. The molecule has 0 saturated carbocycles. The first-order valence-corrected chi connectivity index (χ1v) is 11.3. The van der Waals surface area contributed by atoms with Crippen LogP contribution in [0.25, 0.3) is 0 Å². The van der Waals surface area contributed by atoms with E-state index in [0.717, 1.165) is 17.6 Å². The molecule has 0 fully saturated rings. The van der Waals surface area contributed by atoms with Crippen molar-refractivity contribution in [3.8, 4) is 0 Å². The molecule has 0 aliphatic rings. The van der Waals surface area contributed by atoms with Crippen LogP contribution in [0.4, 0.5) is 5.69 Å². The van der Waals surface area contributed by atoms with Gasteiger partial charge in [0, 0.05) is 17.0 Å². The summed E-state index contributed by atoms with van der Waals surface area (Å²) in [5.74, 6) is 0.526. The Morgan fingerprint density at radius 2 is 1.96 bits per heavy atom. The Morgan fingerprint density at radius 1 is 1.32 bits per heavy atom. The third kappa shape index (κ3) is 7.28. The van der Waals surface area contributed by atoms with Crippen molar-refractivity contribution in [2.24, 2.45) is 0 Å². The van der Waals surface area contributed by atoms with Crippen LogP contribution in [0.3, 0.4) is 0 Å². The molecule has 142 valence electrons. The van der Waals surface area contributed by atoms with Crippen LogP contribution >= 0.6 is 11.8 Å². The average molecular weight is 387 g/mol. The van der Waals surface area contributed by atoms with Crippen molar-refractivity contribution < 1.29 is 13.2 Å². The highest BCUT2D eigenvalue weighted by molar-refractivity contribution is 8.00. The summed E-state index contributed by atoms with van der Waals surface area (Å²) in [6, 6.07) is 6.45. The van der Waals surface area contributed by atoms with Crippen molar-refractivity contribution in [2.45, 2.75) is 51.8 Å². The average Bonchev–Trinajstić information content (AvgIpc) is 2.46. The van der Waals surface area contributed by atoms with E-state index in [0.29, 0.717) is 18.7 Å². The number of rotatable bonds is 8. The van der Waals surface area contributed by atoms with Gasteiger partial charge in [-0.15, -0.1) is 0 Å². The van der Waals surface area contributed by atoms with E-state index in [1.807, 2.05) is 19.9 Å². The molecule has 0 radical (unpaired) electrons. The van der Waals surface area contributed by atoms with Crippen LogP contribution in [0, 0.1) is 6.92 Å². The lowest BCUT2D eigenvalue weighted by molar-refractivity contribution is -0.122. The lowest BCUT2D eigenvalue weighted by Crippen LogP contribution is -2.49. The SMILES string of the molecule is CC[C@@H](C(=O)NCCSC(C)(C)C)N(c1cccc(C)c1)S(C)(=O)=O. The van der Waals surface area contributed by atoms with Crippen LogP contribution in [0.15, 0.2) is 24.3 Å². The molecular formula is C18H30N2O3S2. The van der Waals surface area contributed by atoms with E-state index in [4.69, 9.17) is 0 Å². The van der Waals surface area contributed by atoms with Gasteiger partial charge < -0.3 is 5.32 Å². The molecule has 0 saturated heterocycles. The van der Waals surface area contributed by atoms with E-state index in [1.54, 1.807) is 30.0 Å². The van der Waals surface area contributed by atoms with Crippen LogP contribution in [0.5, 0.6) is 0 Å². The zero-order valence-electron chi connectivity index (χ0n) is 16.0. The highest BCUT2D eigenvalue weighted by Crippen LogP contribution is 2.24. The van der Waals surface area contributed by atoms with Crippen molar-refractivity contribution in [3.05, 3.63) is 29.8 Å². The number of carbonyl (C=O) groups excluding carboxylic acids is 1. The number of amides is 1. The molecule has 0 aliphatic heterocycles. The second kappa shape index (κ2) is 8.94. The fourth-order valence-electron chi connectivity index (χ4n) is 2.47. The van der Waals surface area contributed by atoms with Gasteiger partial charge in [0.1, 0.15) is 6.04 Å². The third-order valence-electron chi connectivity index (χ3n) is 3.52. The Hall–Kier alpha value is -1.21. The number of nitrogens with zero attached hydrogens (tertiary/aromatic N) is 1. The Labute approximate surface area is 156 Å². The summed E-state index contributed by atoms with van der Waals surface area (Å²) in [5, 5.41) is 2.88. The molecule has 1 atom stereocenters. The van der Waals surface area contributed by atoms with Gasteiger partial charge in [-0.1, -0.05) is 39.8 Å². The second-order valence-corrected chi connectivity index (χ2v) is 10.9. The molecule has 1 amide bonds. The summed E-state index contributed by atoms with van der Waals surface area (Å²) in [4.78, 5) is 12.6. The fourth-order valence-corrected chi connectivity index (χ4v) is 4.49. The Kier molecular flexibility index (Phi) is 7.81. The summed E-state index contributed by atoms with van der Waals surface area (Å²) in [6.45, 7) is 10.6. The van der Waals surface area contributed by atoms with Gasteiger partial charge in [0.05, 0.1) is 11.9 Å².